The summed E-state index contributed by atoms with van der Waals surface area (Å²) in [5.41, 5.74) is 1.37. The molecule has 2 heteroatoms. The molecule has 0 saturated carbocycles. The van der Waals surface area contributed by atoms with Gasteiger partial charge in [0, 0.05) is 12.4 Å². The number of hydrogen-bond donors (Lipinski definition) is 0. The van der Waals surface area contributed by atoms with E-state index in [1.54, 1.807) is 0 Å². The van der Waals surface area contributed by atoms with Gasteiger partial charge in [0.05, 0.1) is 12.8 Å². The molecule has 0 fully saturated rings. The molecule has 0 aromatic carbocycles. The standard InChI is InChI=1S/C10H15NO/c1-3-10-5-6-11(9-10)7-8-12-4-2/h4-6,9H,2-3,7-8H2,1H3. The third kappa shape index (κ3) is 2.46. The molecule has 0 saturated heterocycles. The summed E-state index contributed by atoms with van der Waals surface area (Å²) in [5, 5.41) is 0. The number of ether oxygens (including phenoxy) is 1. The molecule has 0 aliphatic rings. The molecule has 0 radical (unpaired) electrons. The van der Waals surface area contributed by atoms with E-state index in [0.29, 0.717) is 6.61 Å². The van der Waals surface area contributed by atoms with Gasteiger partial charge in [-0.2, -0.15) is 0 Å². The fraction of sp³-hybridized carbons (Fsp3) is 0.400. The van der Waals surface area contributed by atoms with E-state index in [0.717, 1.165) is 13.0 Å². The summed E-state index contributed by atoms with van der Waals surface area (Å²) < 4.78 is 7.15. The van der Waals surface area contributed by atoms with E-state index >= 15 is 0 Å². The second-order valence-electron chi connectivity index (χ2n) is 2.65. The number of hydrogen-bond acceptors (Lipinski definition) is 1. The van der Waals surface area contributed by atoms with E-state index in [4.69, 9.17) is 4.74 Å². The van der Waals surface area contributed by atoms with Crippen molar-refractivity contribution in [3.05, 3.63) is 36.9 Å². The van der Waals surface area contributed by atoms with Gasteiger partial charge in [-0.3, -0.25) is 0 Å². The van der Waals surface area contributed by atoms with Gasteiger partial charge in [-0.1, -0.05) is 13.5 Å². The number of aromatic nitrogens is 1. The molecule has 0 atom stereocenters. The Bertz CT molecular complexity index is 240. The largest absolute Gasteiger partial charge is 0.500 e. The Hall–Kier alpha value is -1.18. The van der Waals surface area contributed by atoms with Gasteiger partial charge >= 0.3 is 0 Å². The molecule has 2 nitrogen and oxygen atoms in total. The molecule has 12 heavy (non-hydrogen) atoms. The van der Waals surface area contributed by atoms with E-state index in [9.17, 15) is 0 Å². The lowest BCUT2D eigenvalue weighted by molar-refractivity contribution is 0.236. The van der Waals surface area contributed by atoms with Crippen LogP contribution in [0.5, 0.6) is 0 Å². The molecule has 1 heterocycles. The van der Waals surface area contributed by atoms with Crippen molar-refractivity contribution in [3.63, 3.8) is 0 Å². The Morgan fingerprint density at radius 3 is 3.08 bits per heavy atom. The van der Waals surface area contributed by atoms with Gasteiger partial charge in [0.25, 0.3) is 0 Å². The molecule has 0 unspecified atom stereocenters. The number of aryl methyl sites for hydroxylation is 1. The Labute approximate surface area is 73.5 Å². The van der Waals surface area contributed by atoms with Crippen LogP contribution in [-0.2, 0) is 17.7 Å². The van der Waals surface area contributed by atoms with Gasteiger partial charge in [0.1, 0.15) is 6.61 Å². The van der Waals surface area contributed by atoms with Gasteiger partial charge in [0.15, 0.2) is 0 Å². The fourth-order valence-corrected chi connectivity index (χ4v) is 1.08. The molecule has 1 aromatic heterocycles. The lowest BCUT2D eigenvalue weighted by Gasteiger charge is -2.01. The van der Waals surface area contributed by atoms with Crippen LogP contribution in [0.4, 0.5) is 0 Å². The van der Waals surface area contributed by atoms with Crippen molar-refractivity contribution in [1.29, 1.82) is 0 Å². The third-order valence-electron chi connectivity index (χ3n) is 1.81. The molecular weight excluding hydrogens is 150 g/mol. The van der Waals surface area contributed by atoms with Crippen molar-refractivity contribution in [3.8, 4) is 0 Å². The molecule has 1 aromatic rings. The van der Waals surface area contributed by atoms with Crippen molar-refractivity contribution >= 4 is 0 Å². The SMILES string of the molecule is C=COCCn1ccc(CC)c1. The van der Waals surface area contributed by atoms with Crippen LogP contribution >= 0.6 is 0 Å². The fourth-order valence-electron chi connectivity index (χ4n) is 1.08. The first-order valence-electron chi connectivity index (χ1n) is 4.24. The van der Waals surface area contributed by atoms with Crippen molar-refractivity contribution in [2.45, 2.75) is 19.9 Å². The van der Waals surface area contributed by atoms with E-state index in [1.807, 2.05) is 0 Å². The monoisotopic (exact) mass is 165 g/mol. The van der Waals surface area contributed by atoms with E-state index in [2.05, 4.69) is 36.5 Å². The summed E-state index contributed by atoms with van der Waals surface area (Å²) in [7, 11) is 0. The van der Waals surface area contributed by atoms with Gasteiger partial charge in [0.2, 0.25) is 0 Å². The Morgan fingerprint density at radius 1 is 1.67 bits per heavy atom. The van der Waals surface area contributed by atoms with Crippen LogP contribution in [0.2, 0.25) is 0 Å². The highest BCUT2D eigenvalue weighted by Crippen LogP contribution is 2.01. The summed E-state index contributed by atoms with van der Waals surface area (Å²) in [6.07, 6.45) is 6.79. The van der Waals surface area contributed by atoms with E-state index < -0.39 is 0 Å². The van der Waals surface area contributed by atoms with Crippen LogP contribution in [0.1, 0.15) is 12.5 Å². The molecule has 0 N–H and O–H groups in total. The second-order valence-corrected chi connectivity index (χ2v) is 2.65. The number of nitrogens with zero attached hydrogens (tertiary/aromatic N) is 1. The van der Waals surface area contributed by atoms with Crippen LogP contribution < -0.4 is 0 Å². The van der Waals surface area contributed by atoms with Crippen LogP contribution in [0.15, 0.2) is 31.3 Å². The van der Waals surface area contributed by atoms with Gasteiger partial charge in [-0.25, -0.2) is 0 Å². The zero-order valence-electron chi connectivity index (χ0n) is 7.49. The van der Waals surface area contributed by atoms with Crippen LogP contribution in [-0.4, -0.2) is 11.2 Å². The number of rotatable bonds is 5. The highest BCUT2D eigenvalue weighted by atomic mass is 16.5. The van der Waals surface area contributed by atoms with Gasteiger partial charge in [-0.15, -0.1) is 0 Å². The molecule has 66 valence electrons. The van der Waals surface area contributed by atoms with Crippen molar-refractivity contribution in [2.75, 3.05) is 6.61 Å². The second kappa shape index (κ2) is 4.65. The first-order chi connectivity index (χ1) is 5.86. The molecule has 0 aliphatic carbocycles. The molecular formula is C10H15NO. The molecule has 0 aliphatic heterocycles. The summed E-state index contributed by atoms with van der Waals surface area (Å²) in [5.74, 6) is 0. The summed E-state index contributed by atoms with van der Waals surface area (Å²) in [6, 6.07) is 2.13. The molecule has 0 bridgehead atoms. The maximum Gasteiger partial charge on any atom is 0.105 e. The molecule has 0 amide bonds. The zero-order chi connectivity index (χ0) is 8.81. The third-order valence-corrected chi connectivity index (χ3v) is 1.81. The minimum atomic E-state index is 0.696. The highest BCUT2D eigenvalue weighted by Gasteiger charge is 1.93. The Morgan fingerprint density at radius 2 is 2.50 bits per heavy atom. The topological polar surface area (TPSA) is 14.2 Å². The lowest BCUT2D eigenvalue weighted by atomic mass is 10.3. The Kier molecular flexibility index (Phi) is 3.45. The molecule has 1 rings (SSSR count). The Balaban J connectivity index is 2.36. The maximum absolute atomic E-state index is 5.02. The summed E-state index contributed by atoms with van der Waals surface area (Å²) in [4.78, 5) is 0. The van der Waals surface area contributed by atoms with E-state index in [-0.39, 0.29) is 0 Å². The minimum absolute atomic E-state index is 0.696. The van der Waals surface area contributed by atoms with Gasteiger partial charge in [-0.05, 0) is 18.1 Å². The van der Waals surface area contributed by atoms with E-state index in [1.165, 1.54) is 11.8 Å². The quantitative estimate of drug-likeness (QED) is 0.482. The van der Waals surface area contributed by atoms with Crippen LogP contribution in [0, 0.1) is 0 Å². The van der Waals surface area contributed by atoms with Crippen molar-refractivity contribution in [2.24, 2.45) is 0 Å². The van der Waals surface area contributed by atoms with Crippen LogP contribution in [0.25, 0.3) is 0 Å². The van der Waals surface area contributed by atoms with Crippen LogP contribution in [0.3, 0.4) is 0 Å². The normalized spacial score (nSPS) is 9.75. The highest BCUT2D eigenvalue weighted by molar-refractivity contribution is 5.09. The smallest absolute Gasteiger partial charge is 0.105 e. The predicted molar refractivity (Wildman–Crippen MR) is 50.0 cm³/mol. The predicted octanol–water partition coefficient (Wildman–Crippen LogP) is 2.21. The van der Waals surface area contributed by atoms with Crippen molar-refractivity contribution < 1.29 is 4.74 Å². The average Bonchev–Trinajstić information content (AvgIpc) is 2.53. The van der Waals surface area contributed by atoms with Gasteiger partial charge < -0.3 is 9.30 Å². The minimum Gasteiger partial charge on any atom is -0.500 e. The first kappa shape index (κ1) is 8.91. The lowest BCUT2D eigenvalue weighted by Crippen LogP contribution is -2.00. The first-order valence-corrected chi connectivity index (χ1v) is 4.24. The zero-order valence-corrected chi connectivity index (χ0v) is 7.49. The maximum atomic E-state index is 5.02. The molecule has 0 spiro atoms. The summed E-state index contributed by atoms with van der Waals surface area (Å²) >= 11 is 0. The average molecular weight is 165 g/mol. The summed E-state index contributed by atoms with van der Waals surface area (Å²) in [6.45, 7) is 7.23. The van der Waals surface area contributed by atoms with Crippen molar-refractivity contribution in [1.82, 2.24) is 4.57 Å².